The highest BCUT2D eigenvalue weighted by atomic mass is 35.5. The molecule has 3 aromatic carbocycles. The van der Waals surface area contributed by atoms with Gasteiger partial charge >= 0.3 is 11.3 Å². The molecule has 0 bridgehead atoms. The van der Waals surface area contributed by atoms with Gasteiger partial charge in [-0.15, -0.1) is 0 Å². The van der Waals surface area contributed by atoms with Crippen LogP contribution in [-0.4, -0.2) is 7.11 Å². The quantitative estimate of drug-likeness (QED) is 0.308. The van der Waals surface area contributed by atoms with Crippen LogP contribution in [0.2, 0.25) is 5.02 Å². The molecule has 0 radical (unpaired) electrons. The van der Waals surface area contributed by atoms with Crippen molar-refractivity contribution in [1.29, 1.82) is 0 Å². The maximum atomic E-state index is 12.7. The van der Waals surface area contributed by atoms with E-state index in [-0.39, 0.29) is 5.56 Å². The van der Waals surface area contributed by atoms with E-state index in [0.717, 1.165) is 11.3 Å². The molecule has 164 valence electrons. The topological polar surface area (TPSA) is 78.9 Å². The van der Waals surface area contributed by atoms with E-state index >= 15 is 0 Å². The van der Waals surface area contributed by atoms with Gasteiger partial charge in [0.2, 0.25) is 0 Å². The predicted molar refractivity (Wildman–Crippen MR) is 126 cm³/mol. The van der Waals surface area contributed by atoms with Crippen LogP contribution >= 0.6 is 11.6 Å². The molecule has 0 spiro atoms. The van der Waals surface area contributed by atoms with Crippen LogP contribution in [0.3, 0.4) is 0 Å². The Balaban J connectivity index is 1.55. The van der Waals surface area contributed by atoms with Crippen molar-refractivity contribution in [3.63, 3.8) is 0 Å². The second-order valence-electron chi connectivity index (χ2n) is 7.41. The smallest absolute Gasteiger partial charge is 0.344 e. The lowest BCUT2D eigenvalue weighted by atomic mass is 10.0. The van der Waals surface area contributed by atoms with E-state index in [9.17, 15) is 9.59 Å². The van der Waals surface area contributed by atoms with Crippen LogP contribution in [0.1, 0.15) is 5.56 Å². The molecule has 33 heavy (non-hydrogen) atoms. The number of fused-ring (bicyclic) bond motifs is 2. The van der Waals surface area contributed by atoms with Gasteiger partial charge in [-0.05, 0) is 54.1 Å². The summed E-state index contributed by atoms with van der Waals surface area (Å²) in [4.78, 5) is 25.0. The highest BCUT2D eigenvalue weighted by Gasteiger charge is 2.15. The third-order valence-electron chi connectivity index (χ3n) is 5.24. The number of hydrogen-bond acceptors (Lipinski definition) is 6. The first-order chi connectivity index (χ1) is 16.0. The molecule has 2 aromatic heterocycles. The summed E-state index contributed by atoms with van der Waals surface area (Å²) in [6, 6.07) is 20.6. The van der Waals surface area contributed by atoms with Crippen molar-refractivity contribution in [2.24, 2.45) is 0 Å². The van der Waals surface area contributed by atoms with E-state index in [0.29, 0.717) is 44.9 Å². The van der Waals surface area contributed by atoms with E-state index < -0.39 is 11.3 Å². The molecular formula is C26H17ClO6. The largest absolute Gasteiger partial charge is 0.497 e. The first kappa shape index (κ1) is 20.8. The lowest BCUT2D eigenvalue weighted by Gasteiger charge is -2.10. The van der Waals surface area contributed by atoms with Gasteiger partial charge in [-0.2, -0.15) is 0 Å². The summed E-state index contributed by atoms with van der Waals surface area (Å²) in [5.41, 5.74) is 1.14. The second kappa shape index (κ2) is 8.48. The molecule has 5 rings (SSSR count). The standard InChI is InChI=1S/C26H17ClO6/c1-30-18-4-2-3-15(9-18)14-31-19-6-7-20-21(13-25(28)32-24(20)12-19)22-11-16-10-17(27)5-8-23(16)33-26(22)29/h2-13H,14H2,1H3. The number of benzene rings is 3. The third kappa shape index (κ3) is 4.21. The molecule has 0 saturated carbocycles. The van der Waals surface area contributed by atoms with Gasteiger partial charge in [-0.3, -0.25) is 0 Å². The third-order valence-corrected chi connectivity index (χ3v) is 5.48. The average molecular weight is 461 g/mol. The van der Waals surface area contributed by atoms with Crippen LogP contribution in [0.25, 0.3) is 33.1 Å². The van der Waals surface area contributed by atoms with Crippen molar-refractivity contribution in [2.45, 2.75) is 6.61 Å². The van der Waals surface area contributed by atoms with Crippen LogP contribution in [-0.2, 0) is 6.61 Å². The lowest BCUT2D eigenvalue weighted by molar-refractivity contribution is 0.305. The summed E-state index contributed by atoms with van der Waals surface area (Å²) in [5.74, 6) is 1.25. The normalized spacial score (nSPS) is 11.1. The van der Waals surface area contributed by atoms with Crippen LogP contribution in [0.15, 0.2) is 91.2 Å². The molecule has 0 aliphatic rings. The van der Waals surface area contributed by atoms with Crippen molar-refractivity contribution >= 4 is 33.5 Å². The van der Waals surface area contributed by atoms with Gasteiger partial charge in [0, 0.05) is 33.5 Å². The number of halogens is 1. The van der Waals surface area contributed by atoms with Crippen molar-refractivity contribution in [1.82, 2.24) is 0 Å². The summed E-state index contributed by atoms with van der Waals surface area (Å²) in [6.45, 7) is 0.307. The van der Waals surface area contributed by atoms with Crippen molar-refractivity contribution in [3.05, 3.63) is 104 Å². The van der Waals surface area contributed by atoms with Gasteiger partial charge in [0.05, 0.1) is 12.7 Å². The summed E-state index contributed by atoms with van der Waals surface area (Å²) in [7, 11) is 1.60. The molecule has 0 fully saturated rings. The number of rotatable bonds is 5. The lowest BCUT2D eigenvalue weighted by Crippen LogP contribution is -2.06. The second-order valence-corrected chi connectivity index (χ2v) is 7.84. The maximum Gasteiger partial charge on any atom is 0.344 e. The van der Waals surface area contributed by atoms with Gasteiger partial charge in [-0.25, -0.2) is 9.59 Å². The van der Waals surface area contributed by atoms with Gasteiger partial charge in [0.25, 0.3) is 0 Å². The zero-order valence-electron chi connectivity index (χ0n) is 17.5. The monoisotopic (exact) mass is 460 g/mol. The van der Waals surface area contributed by atoms with Gasteiger partial charge < -0.3 is 18.3 Å². The molecule has 0 unspecified atom stereocenters. The molecule has 0 atom stereocenters. The Morgan fingerprint density at radius 2 is 1.70 bits per heavy atom. The molecule has 0 aliphatic carbocycles. The van der Waals surface area contributed by atoms with E-state index in [4.69, 9.17) is 29.9 Å². The molecule has 5 aromatic rings. The average Bonchev–Trinajstić information content (AvgIpc) is 2.82. The minimum absolute atomic E-state index is 0.243. The van der Waals surface area contributed by atoms with Crippen molar-refractivity contribution in [2.75, 3.05) is 7.11 Å². The maximum absolute atomic E-state index is 12.7. The summed E-state index contributed by atoms with van der Waals surface area (Å²) < 4.78 is 21.9. The van der Waals surface area contributed by atoms with Crippen LogP contribution in [0.4, 0.5) is 0 Å². The fraction of sp³-hybridized carbons (Fsp3) is 0.0769. The number of methoxy groups -OCH3 is 1. The molecule has 0 amide bonds. The minimum atomic E-state index is -0.590. The van der Waals surface area contributed by atoms with Crippen LogP contribution in [0.5, 0.6) is 11.5 Å². The van der Waals surface area contributed by atoms with Crippen molar-refractivity contribution < 1.29 is 18.3 Å². The van der Waals surface area contributed by atoms with Gasteiger partial charge in [0.1, 0.15) is 29.3 Å². The van der Waals surface area contributed by atoms with E-state index in [2.05, 4.69) is 0 Å². The van der Waals surface area contributed by atoms with E-state index in [1.54, 1.807) is 49.6 Å². The first-order valence-corrected chi connectivity index (χ1v) is 10.5. The fourth-order valence-electron chi connectivity index (χ4n) is 3.67. The fourth-order valence-corrected chi connectivity index (χ4v) is 3.85. The number of hydrogen-bond donors (Lipinski definition) is 0. The zero-order chi connectivity index (χ0) is 22.9. The Labute approximate surface area is 192 Å². The van der Waals surface area contributed by atoms with Gasteiger partial charge in [0.15, 0.2) is 0 Å². The molecule has 0 N–H and O–H groups in total. The van der Waals surface area contributed by atoms with E-state index in [1.165, 1.54) is 6.07 Å². The molecular weight excluding hydrogens is 444 g/mol. The Kier molecular flexibility index (Phi) is 5.36. The Morgan fingerprint density at radius 3 is 2.55 bits per heavy atom. The van der Waals surface area contributed by atoms with Gasteiger partial charge in [-0.1, -0.05) is 23.7 Å². The highest BCUT2D eigenvalue weighted by Crippen LogP contribution is 2.30. The predicted octanol–water partition coefficient (Wildman–Crippen LogP) is 5.81. The Hall–Kier alpha value is -4.03. The zero-order valence-corrected chi connectivity index (χ0v) is 18.2. The summed E-state index contributed by atoms with van der Waals surface area (Å²) in [6.07, 6.45) is 0. The van der Waals surface area contributed by atoms with E-state index in [1.807, 2.05) is 24.3 Å². The first-order valence-electron chi connectivity index (χ1n) is 10.1. The SMILES string of the molecule is COc1cccc(COc2ccc3c(-c4cc5cc(Cl)ccc5oc4=O)cc(=O)oc3c2)c1. The summed E-state index contributed by atoms with van der Waals surface area (Å²) in [5, 5.41) is 1.74. The van der Waals surface area contributed by atoms with Crippen LogP contribution in [0, 0.1) is 0 Å². The Bertz CT molecular complexity index is 1620. The van der Waals surface area contributed by atoms with Crippen molar-refractivity contribution in [3.8, 4) is 22.6 Å². The highest BCUT2D eigenvalue weighted by molar-refractivity contribution is 6.31. The Morgan fingerprint density at radius 1 is 0.818 bits per heavy atom. The molecule has 0 saturated heterocycles. The van der Waals surface area contributed by atoms with Crippen LogP contribution < -0.4 is 20.7 Å². The molecule has 0 aliphatic heterocycles. The molecule has 6 nitrogen and oxygen atoms in total. The summed E-state index contributed by atoms with van der Waals surface area (Å²) >= 11 is 6.08. The number of ether oxygens (including phenoxy) is 2. The molecule has 2 heterocycles. The molecule has 7 heteroatoms. The minimum Gasteiger partial charge on any atom is -0.497 e.